The van der Waals surface area contributed by atoms with Crippen LogP contribution in [-0.2, 0) is 9.63 Å². The molecule has 0 aliphatic heterocycles. The first-order valence-electron chi connectivity index (χ1n) is 2.19. The molecule has 0 aromatic heterocycles. The average molecular weight is 138 g/mol. The van der Waals surface area contributed by atoms with Crippen LogP contribution >= 0.6 is 11.6 Å². The third kappa shape index (κ3) is 3.89. The molecule has 4 heteroatoms. The molecule has 0 aromatic carbocycles. The van der Waals surface area contributed by atoms with E-state index in [2.05, 4.69) is 10.3 Å². The van der Waals surface area contributed by atoms with Crippen molar-refractivity contribution in [2.75, 3.05) is 13.0 Å². The average Bonchev–Trinajstić information content (AvgIpc) is 1.68. The zero-order valence-corrected chi connectivity index (χ0v) is 5.36. The number of hydroxylamine groups is 1. The molecular formula is C4H8ClNO2. The molecule has 0 radical (unpaired) electrons. The van der Waals surface area contributed by atoms with E-state index in [9.17, 15) is 4.79 Å². The number of rotatable bonds is 3. The molecule has 0 bridgehead atoms. The summed E-state index contributed by atoms with van der Waals surface area (Å²) in [4.78, 5) is 14.6. The summed E-state index contributed by atoms with van der Waals surface area (Å²) in [6.45, 7) is 0. The molecule has 0 fully saturated rings. The number of alkyl halides is 1. The highest BCUT2D eigenvalue weighted by Crippen LogP contribution is 1.82. The molecule has 0 unspecified atom stereocenters. The lowest BCUT2D eigenvalue weighted by atomic mass is 10.5. The highest BCUT2D eigenvalue weighted by atomic mass is 35.5. The van der Waals surface area contributed by atoms with Crippen molar-refractivity contribution in [2.45, 2.75) is 6.42 Å². The van der Waals surface area contributed by atoms with E-state index in [1.54, 1.807) is 0 Å². The van der Waals surface area contributed by atoms with Gasteiger partial charge in [-0.15, -0.1) is 11.6 Å². The first kappa shape index (κ1) is 7.72. The van der Waals surface area contributed by atoms with Gasteiger partial charge in [0.2, 0.25) is 5.91 Å². The summed E-state index contributed by atoms with van der Waals surface area (Å²) in [7, 11) is 1.38. The Kier molecular flexibility index (Phi) is 4.70. The normalized spacial score (nSPS) is 8.75. The number of nitrogens with one attached hydrogen (secondary N) is 1. The molecule has 1 N–H and O–H groups in total. The van der Waals surface area contributed by atoms with Crippen LogP contribution < -0.4 is 5.48 Å². The first-order valence-corrected chi connectivity index (χ1v) is 2.72. The first-order chi connectivity index (χ1) is 3.81. The number of hydrogen-bond donors (Lipinski definition) is 1. The van der Waals surface area contributed by atoms with Gasteiger partial charge in [-0.25, -0.2) is 5.48 Å². The van der Waals surface area contributed by atoms with Crippen molar-refractivity contribution in [2.24, 2.45) is 0 Å². The molecule has 0 saturated carbocycles. The monoisotopic (exact) mass is 137 g/mol. The molecule has 0 rings (SSSR count). The maximum Gasteiger partial charge on any atom is 0.244 e. The molecule has 48 valence electrons. The minimum atomic E-state index is -0.192. The fraction of sp³-hybridized carbons (Fsp3) is 0.750. The van der Waals surface area contributed by atoms with E-state index >= 15 is 0 Å². The molecule has 0 heterocycles. The van der Waals surface area contributed by atoms with Gasteiger partial charge in [-0.3, -0.25) is 9.63 Å². The van der Waals surface area contributed by atoms with Crippen LogP contribution in [0.4, 0.5) is 0 Å². The summed E-state index contributed by atoms with van der Waals surface area (Å²) in [5.74, 6) is 0.136. The van der Waals surface area contributed by atoms with Crippen molar-refractivity contribution in [3.8, 4) is 0 Å². The van der Waals surface area contributed by atoms with Crippen molar-refractivity contribution in [1.82, 2.24) is 5.48 Å². The third-order valence-electron chi connectivity index (χ3n) is 0.537. The van der Waals surface area contributed by atoms with Crippen molar-refractivity contribution >= 4 is 17.5 Å². The molecular weight excluding hydrogens is 130 g/mol. The molecule has 0 spiro atoms. The summed E-state index contributed by atoms with van der Waals surface area (Å²) < 4.78 is 0. The zero-order chi connectivity index (χ0) is 6.41. The Morgan fingerprint density at radius 3 is 2.88 bits per heavy atom. The van der Waals surface area contributed by atoms with Crippen LogP contribution in [0, 0.1) is 0 Å². The molecule has 3 nitrogen and oxygen atoms in total. The third-order valence-corrected chi connectivity index (χ3v) is 0.726. The molecule has 0 aliphatic rings. The van der Waals surface area contributed by atoms with Crippen molar-refractivity contribution in [3.63, 3.8) is 0 Å². The summed E-state index contributed by atoms with van der Waals surface area (Å²) in [6, 6.07) is 0. The van der Waals surface area contributed by atoms with Crippen molar-refractivity contribution in [3.05, 3.63) is 0 Å². The lowest BCUT2D eigenvalue weighted by Crippen LogP contribution is -2.21. The SMILES string of the molecule is CONC(=O)CCCl. The van der Waals surface area contributed by atoms with E-state index in [4.69, 9.17) is 11.6 Å². The van der Waals surface area contributed by atoms with Crippen molar-refractivity contribution < 1.29 is 9.63 Å². The number of amides is 1. The number of hydrogen-bond acceptors (Lipinski definition) is 2. The smallest absolute Gasteiger partial charge is 0.244 e. The van der Waals surface area contributed by atoms with Gasteiger partial charge in [0.05, 0.1) is 7.11 Å². The second kappa shape index (κ2) is 4.87. The predicted molar refractivity (Wildman–Crippen MR) is 30.5 cm³/mol. The topological polar surface area (TPSA) is 38.3 Å². The molecule has 0 atom stereocenters. The van der Waals surface area contributed by atoms with Gasteiger partial charge >= 0.3 is 0 Å². The van der Waals surface area contributed by atoms with Crippen LogP contribution in [0.15, 0.2) is 0 Å². The van der Waals surface area contributed by atoms with Gasteiger partial charge in [0.25, 0.3) is 0 Å². The second-order valence-electron chi connectivity index (χ2n) is 1.17. The van der Waals surface area contributed by atoms with E-state index in [0.29, 0.717) is 12.3 Å². The quantitative estimate of drug-likeness (QED) is 0.449. The molecule has 0 aliphatic carbocycles. The van der Waals surface area contributed by atoms with Crippen LogP contribution in [-0.4, -0.2) is 18.9 Å². The van der Waals surface area contributed by atoms with Gasteiger partial charge in [-0.05, 0) is 0 Å². The molecule has 0 saturated heterocycles. The number of carbonyl (C=O) groups is 1. The Bertz CT molecular complexity index is 68.4. The van der Waals surface area contributed by atoms with Crippen molar-refractivity contribution in [1.29, 1.82) is 0 Å². The maximum absolute atomic E-state index is 10.3. The van der Waals surface area contributed by atoms with Gasteiger partial charge in [0, 0.05) is 12.3 Å². The van der Waals surface area contributed by atoms with Gasteiger partial charge in [0.15, 0.2) is 0 Å². The zero-order valence-electron chi connectivity index (χ0n) is 4.61. The lowest BCUT2D eigenvalue weighted by Gasteiger charge is -1.96. The van der Waals surface area contributed by atoms with Crippen LogP contribution in [0.5, 0.6) is 0 Å². The van der Waals surface area contributed by atoms with Crippen LogP contribution in [0.3, 0.4) is 0 Å². The van der Waals surface area contributed by atoms with E-state index in [1.807, 2.05) is 0 Å². The minimum Gasteiger partial charge on any atom is -0.277 e. The fourth-order valence-corrected chi connectivity index (χ4v) is 0.422. The summed E-state index contributed by atoms with van der Waals surface area (Å²) in [5.41, 5.74) is 2.12. The standard InChI is InChI=1S/C4H8ClNO2/c1-8-6-4(7)2-3-5/h2-3H2,1H3,(H,6,7). The van der Waals surface area contributed by atoms with E-state index in [0.717, 1.165) is 0 Å². The Balaban J connectivity index is 3.06. The van der Waals surface area contributed by atoms with Crippen LogP contribution in [0.2, 0.25) is 0 Å². The van der Waals surface area contributed by atoms with E-state index in [1.165, 1.54) is 7.11 Å². The predicted octanol–water partition coefficient (Wildman–Crippen LogP) is 0.293. The number of carbonyl (C=O) groups excluding carboxylic acids is 1. The van der Waals surface area contributed by atoms with Gasteiger partial charge in [-0.2, -0.15) is 0 Å². The highest BCUT2D eigenvalue weighted by Gasteiger charge is 1.94. The Hall–Kier alpha value is -0.280. The van der Waals surface area contributed by atoms with Crippen LogP contribution in [0.1, 0.15) is 6.42 Å². The largest absolute Gasteiger partial charge is 0.277 e. The fourth-order valence-electron chi connectivity index (χ4n) is 0.251. The van der Waals surface area contributed by atoms with Gasteiger partial charge < -0.3 is 0 Å². The summed E-state index contributed by atoms with van der Waals surface area (Å²) >= 11 is 5.22. The molecule has 8 heavy (non-hydrogen) atoms. The van der Waals surface area contributed by atoms with Gasteiger partial charge in [0.1, 0.15) is 0 Å². The number of halogens is 1. The lowest BCUT2D eigenvalue weighted by molar-refractivity contribution is -0.130. The Morgan fingerprint density at radius 2 is 2.50 bits per heavy atom. The Morgan fingerprint density at radius 1 is 1.88 bits per heavy atom. The Labute approximate surface area is 52.9 Å². The summed E-state index contributed by atoms with van der Waals surface area (Å²) in [5, 5.41) is 0. The molecule has 0 aromatic rings. The van der Waals surface area contributed by atoms with E-state index < -0.39 is 0 Å². The highest BCUT2D eigenvalue weighted by molar-refractivity contribution is 6.18. The van der Waals surface area contributed by atoms with Crippen LogP contribution in [0.25, 0.3) is 0 Å². The molecule has 1 amide bonds. The maximum atomic E-state index is 10.3. The van der Waals surface area contributed by atoms with E-state index in [-0.39, 0.29) is 5.91 Å². The summed E-state index contributed by atoms with van der Waals surface area (Å²) in [6.07, 6.45) is 0.301. The minimum absolute atomic E-state index is 0.192. The second-order valence-corrected chi connectivity index (χ2v) is 1.55. The van der Waals surface area contributed by atoms with Gasteiger partial charge in [-0.1, -0.05) is 0 Å².